The average Bonchev–Trinajstić information content (AvgIpc) is 3.24. The summed E-state index contributed by atoms with van der Waals surface area (Å²) in [5, 5.41) is 16.1. The Labute approximate surface area is 181 Å². The lowest BCUT2D eigenvalue weighted by Crippen LogP contribution is -2.04. The van der Waals surface area contributed by atoms with Crippen molar-refractivity contribution in [2.75, 3.05) is 0 Å². The Morgan fingerprint density at radius 1 is 1.23 bits per heavy atom. The minimum absolute atomic E-state index is 0.0778. The second kappa shape index (κ2) is 8.34. The van der Waals surface area contributed by atoms with E-state index in [0.717, 1.165) is 46.4 Å². The molecule has 31 heavy (non-hydrogen) atoms. The van der Waals surface area contributed by atoms with Crippen LogP contribution in [0, 0.1) is 19.8 Å². The van der Waals surface area contributed by atoms with Crippen LogP contribution in [0.4, 0.5) is 5.82 Å². The van der Waals surface area contributed by atoms with Gasteiger partial charge in [-0.05, 0) is 50.8 Å². The third-order valence-electron chi connectivity index (χ3n) is 5.51. The Morgan fingerprint density at radius 2 is 2.03 bits per heavy atom. The second-order valence-electron chi connectivity index (χ2n) is 8.40. The largest absolute Gasteiger partial charge is 0.494 e. The first-order valence-electron chi connectivity index (χ1n) is 10.5. The van der Waals surface area contributed by atoms with Crippen LogP contribution in [0.5, 0.6) is 5.88 Å². The molecule has 4 rings (SSSR count). The Balaban J connectivity index is 1.73. The Kier molecular flexibility index (Phi) is 5.59. The van der Waals surface area contributed by atoms with Crippen LogP contribution in [0.15, 0.2) is 41.8 Å². The molecule has 0 spiro atoms. The van der Waals surface area contributed by atoms with Gasteiger partial charge in [-0.15, -0.1) is 0 Å². The molecule has 0 atom stereocenters. The van der Waals surface area contributed by atoms with Crippen molar-refractivity contribution in [1.82, 2.24) is 24.7 Å². The number of aromatic nitrogens is 5. The first kappa shape index (κ1) is 20.8. The highest BCUT2D eigenvalue weighted by Crippen LogP contribution is 2.32. The highest BCUT2D eigenvalue weighted by molar-refractivity contribution is 6.13. The average molecular weight is 417 g/mol. The van der Waals surface area contributed by atoms with Crippen molar-refractivity contribution in [3.05, 3.63) is 53.6 Å². The maximum atomic E-state index is 10.6. The Hall–Kier alpha value is -3.48. The molecule has 0 aliphatic carbocycles. The predicted octanol–water partition coefficient (Wildman–Crippen LogP) is 5.33. The van der Waals surface area contributed by atoms with Crippen LogP contribution in [0.1, 0.15) is 44.0 Å². The molecule has 0 aliphatic heterocycles. The van der Waals surface area contributed by atoms with Gasteiger partial charge in [-0.2, -0.15) is 5.10 Å². The number of aromatic amines is 1. The fourth-order valence-electron chi connectivity index (χ4n) is 3.71. The molecular formula is C24H28N6O. The zero-order valence-electron chi connectivity index (χ0n) is 18.6. The zero-order chi connectivity index (χ0) is 22.1. The van der Waals surface area contributed by atoms with Crippen LogP contribution in [0.3, 0.4) is 0 Å². The van der Waals surface area contributed by atoms with Gasteiger partial charge in [0.25, 0.3) is 0 Å². The standard InChI is InChI=1S/C24H28N6O/c1-14(2)7-9-30-16(4)10-22(29-30)27-17(5)23-18-11-20(19-12-25-8-6-15(19)3)26-13-21(18)28-24(23)31/h6,8,10-14,28,31H,7,9H2,1-5H3. The molecule has 0 aromatic carbocycles. The van der Waals surface area contributed by atoms with Crippen molar-refractivity contribution in [1.29, 1.82) is 0 Å². The number of rotatable bonds is 6. The SMILES string of the molecule is CC(=Nc1cc(C)n(CCC(C)C)n1)c1c(O)[nH]c2cnc(-c3cnccc3C)cc12. The van der Waals surface area contributed by atoms with Crippen LogP contribution >= 0.6 is 0 Å². The van der Waals surface area contributed by atoms with E-state index in [4.69, 9.17) is 4.99 Å². The van der Waals surface area contributed by atoms with E-state index in [1.807, 2.05) is 49.8 Å². The highest BCUT2D eigenvalue weighted by atomic mass is 16.3. The van der Waals surface area contributed by atoms with Gasteiger partial charge in [-0.1, -0.05) is 13.8 Å². The normalized spacial score (nSPS) is 12.3. The molecule has 0 fully saturated rings. The van der Waals surface area contributed by atoms with E-state index in [-0.39, 0.29) is 5.88 Å². The summed E-state index contributed by atoms with van der Waals surface area (Å²) < 4.78 is 1.99. The number of aryl methyl sites for hydroxylation is 3. The maximum absolute atomic E-state index is 10.6. The number of nitrogens with zero attached hydrogens (tertiary/aromatic N) is 5. The van der Waals surface area contributed by atoms with Gasteiger partial charge in [0, 0.05) is 41.6 Å². The third-order valence-corrected chi connectivity index (χ3v) is 5.51. The monoisotopic (exact) mass is 416 g/mol. The number of aliphatic imine (C=N–C) groups is 1. The fraction of sp³-hybridized carbons (Fsp3) is 0.333. The minimum atomic E-state index is 0.0778. The van der Waals surface area contributed by atoms with Crippen LogP contribution < -0.4 is 0 Å². The van der Waals surface area contributed by atoms with E-state index in [0.29, 0.717) is 23.0 Å². The first-order chi connectivity index (χ1) is 14.8. The number of pyridine rings is 2. The van der Waals surface area contributed by atoms with Crippen molar-refractivity contribution in [2.45, 2.75) is 47.6 Å². The summed E-state index contributed by atoms with van der Waals surface area (Å²) in [6.07, 6.45) is 6.38. The Morgan fingerprint density at radius 3 is 2.77 bits per heavy atom. The topological polar surface area (TPSA) is 92.0 Å². The molecule has 4 aromatic heterocycles. The zero-order valence-corrected chi connectivity index (χ0v) is 18.6. The summed E-state index contributed by atoms with van der Waals surface area (Å²) >= 11 is 0. The van der Waals surface area contributed by atoms with Gasteiger partial charge in [0.15, 0.2) is 11.7 Å². The van der Waals surface area contributed by atoms with Gasteiger partial charge in [0.1, 0.15) is 0 Å². The second-order valence-corrected chi connectivity index (χ2v) is 8.40. The van der Waals surface area contributed by atoms with Gasteiger partial charge in [-0.3, -0.25) is 14.6 Å². The van der Waals surface area contributed by atoms with E-state index in [1.54, 1.807) is 12.4 Å². The summed E-state index contributed by atoms with van der Waals surface area (Å²) in [5.41, 5.74) is 6.05. The van der Waals surface area contributed by atoms with Gasteiger partial charge in [0.2, 0.25) is 0 Å². The molecule has 7 nitrogen and oxygen atoms in total. The number of hydrogen-bond donors (Lipinski definition) is 2. The minimum Gasteiger partial charge on any atom is -0.494 e. The maximum Gasteiger partial charge on any atom is 0.198 e. The van der Waals surface area contributed by atoms with Crippen molar-refractivity contribution in [2.24, 2.45) is 10.9 Å². The molecule has 160 valence electrons. The summed E-state index contributed by atoms with van der Waals surface area (Å²) in [6.45, 7) is 11.2. The molecule has 0 aliphatic rings. The highest BCUT2D eigenvalue weighted by Gasteiger charge is 2.16. The lowest BCUT2D eigenvalue weighted by Gasteiger charge is -2.06. The molecule has 0 amide bonds. The molecule has 4 heterocycles. The van der Waals surface area contributed by atoms with E-state index in [9.17, 15) is 5.11 Å². The van der Waals surface area contributed by atoms with Crippen molar-refractivity contribution >= 4 is 22.4 Å². The fourth-order valence-corrected chi connectivity index (χ4v) is 3.71. The van der Waals surface area contributed by atoms with Crippen LogP contribution in [0.25, 0.3) is 22.2 Å². The summed E-state index contributed by atoms with van der Waals surface area (Å²) in [4.78, 5) is 16.5. The van der Waals surface area contributed by atoms with Crippen LogP contribution in [0.2, 0.25) is 0 Å². The number of aromatic hydroxyl groups is 1. The van der Waals surface area contributed by atoms with Crippen LogP contribution in [-0.4, -0.2) is 35.6 Å². The van der Waals surface area contributed by atoms with E-state index < -0.39 is 0 Å². The van der Waals surface area contributed by atoms with E-state index in [1.165, 1.54) is 0 Å². The number of H-pyrrole nitrogens is 1. The first-order valence-corrected chi connectivity index (χ1v) is 10.5. The van der Waals surface area contributed by atoms with Gasteiger partial charge in [-0.25, -0.2) is 4.99 Å². The molecule has 0 saturated heterocycles. The molecule has 0 saturated carbocycles. The molecule has 0 radical (unpaired) electrons. The molecule has 2 N–H and O–H groups in total. The van der Waals surface area contributed by atoms with Crippen LogP contribution in [-0.2, 0) is 6.54 Å². The van der Waals surface area contributed by atoms with E-state index >= 15 is 0 Å². The van der Waals surface area contributed by atoms with Gasteiger partial charge >= 0.3 is 0 Å². The quantitative estimate of drug-likeness (QED) is 0.416. The summed E-state index contributed by atoms with van der Waals surface area (Å²) in [6, 6.07) is 5.90. The number of nitrogens with one attached hydrogen (secondary N) is 1. The van der Waals surface area contributed by atoms with E-state index in [2.05, 4.69) is 33.9 Å². The third kappa shape index (κ3) is 4.21. The molecular weight excluding hydrogens is 388 g/mol. The molecule has 0 bridgehead atoms. The van der Waals surface area contributed by atoms with Crippen molar-refractivity contribution < 1.29 is 5.11 Å². The van der Waals surface area contributed by atoms with Crippen molar-refractivity contribution in [3.8, 4) is 17.1 Å². The Bertz CT molecular complexity index is 1260. The summed E-state index contributed by atoms with van der Waals surface area (Å²) in [5.74, 6) is 1.34. The van der Waals surface area contributed by atoms with Gasteiger partial charge in [0.05, 0.1) is 28.7 Å². The predicted molar refractivity (Wildman–Crippen MR) is 124 cm³/mol. The molecule has 7 heteroatoms. The lowest BCUT2D eigenvalue weighted by atomic mass is 10.0. The number of fused-ring (bicyclic) bond motifs is 1. The van der Waals surface area contributed by atoms with Gasteiger partial charge < -0.3 is 10.1 Å². The molecule has 4 aromatic rings. The smallest absolute Gasteiger partial charge is 0.198 e. The lowest BCUT2D eigenvalue weighted by molar-refractivity contribution is 0.457. The van der Waals surface area contributed by atoms with Crippen molar-refractivity contribution in [3.63, 3.8) is 0 Å². The number of hydrogen-bond acceptors (Lipinski definition) is 5. The molecule has 0 unspecified atom stereocenters. The summed E-state index contributed by atoms with van der Waals surface area (Å²) in [7, 11) is 0.